The maximum absolute atomic E-state index is 11.1. The van der Waals surface area contributed by atoms with Gasteiger partial charge in [0.05, 0.1) is 18.7 Å². The molecule has 1 atom stereocenters. The Balaban J connectivity index is 3.32. The zero-order valence-corrected chi connectivity index (χ0v) is 8.98. The lowest BCUT2D eigenvalue weighted by Gasteiger charge is -2.12. The molecule has 0 aliphatic heterocycles. The predicted molar refractivity (Wildman–Crippen MR) is 56.0 cm³/mol. The Kier molecular flexibility index (Phi) is 3.68. The summed E-state index contributed by atoms with van der Waals surface area (Å²) in [6.07, 6.45) is 2.48. The third-order valence-electron chi connectivity index (χ3n) is 2.04. The fraction of sp³-hybridized carbons (Fsp3) is 0.364. The second-order valence-electron chi connectivity index (χ2n) is 3.07. The number of hydrogen-bond donors (Lipinski definition) is 1. The number of rotatable bonds is 3. The van der Waals surface area contributed by atoms with Gasteiger partial charge in [0, 0.05) is 0 Å². The molecule has 4 heteroatoms. The van der Waals surface area contributed by atoms with Crippen LogP contribution in [-0.2, 0) is 0 Å². The summed E-state index contributed by atoms with van der Waals surface area (Å²) in [4.78, 5) is 11.1. The van der Waals surface area contributed by atoms with Crippen LogP contribution in [0.5, 0.6) is 5.75 Å². The highest BCUT2D eigenvalue weighted by atomic mass is 16.5. The third-order valence-corrected chi connectivity index (χ3v) is 2.04. The fourth-order valence-corrected chi connectivity index (χ4v) is 1.40. The van der Waals surface area contributed by atoms with Crippen molar-refractivity contribution in [3.8, 4) is 5.75 Å². The zero-order chi connectivity index (χ0) is 11.4. The molecule has 1 N–H and O–H groups in total. The van der Waals surface area contributed by atoms with E-state index in [0.717, 1.165) is 0 Å². The molecule has 0 aromatic carbocycles. The molecule has 0 fully saturated rings. The molecule has 82 valence electrons. The summed E-state index contributed by atoms with van der Waals surface area (Å²) in [5, 5.41) is 9.78. The smallest absolute Gasteiger partial charge is 0.339 e. The fourth-order valence-electron chi connectivity index (χ4n) is 1.40. The van der Waals surface area contributed by atoms with Crippen LogP contribution in [0.15, 0.2) is 27.4 Å². The van der Waals surface area contributed by atoms with Crippen LogP contribution in [0.25, 0.3) is 0 Å². The number of allylic oxidation sites excluding steroid dienone is 1. The first-order valence-electron chi connectivity index (χ1n) is 4.59. The number of ether oxygens (including phenoxy) is 1. The average Bonchev–Trinajstić information content (AvgIpc) is 2.16. The third kappa shape index (κ3) is 2.47. The van der Waals surface area contributed by atoms with E-state index in [1.165, 1.54) is 13.2 Å². The molecule has 0 spiro atoms. The molecule has 0 saturated carbocycles. The molecule has 0 aliphatic rings. The molecule has 0 bridgehead atoms. The first-order chi connectivity index (χ1) is 7.10. The first-order valence-corrected chi connectivity index (χ1v) is 4.59. The van der Waals surface area contributed by atoms with E-state index < -0.39 is 11.7 Å². The Morgan fingerprint density at radius 2 is 2.27 bits per heavy atom. The van der Waals surface area contributed by atoms with E-state index in [4.69, 9.17) is 9.15 Å². The van der Waals surface area contributed by atoms with Gasteiger partial charge in [0.15, 0.2) is 0 Å². The Morgan fingerprint density at radius 3 is 2.80 bits per heavy atom. The van der Waals surface area contributed by atoms with Crippen LogP contribution in [0.4, 0.5) is 0 Å². The molecule has 1 rings (SSSR count). The summed E-state index contributed by atoms with van der Waals surface area (Å²) in [5.74, 6) is 0.708. The summed E-state index contributed by atoms with van der Waals surface area (Å²) >= 11 is 0. The minimum atomic E-state index is -0.825. The van der Waals surface area contributed by atoms with E-state index >= 15 is 0 Å². The highest BCUT2D eigenvalue weighted by Crippen LogP contribution is 2.27. The highest BCUT2D eigenvalue weighted by molar-refractivity contribution is 5.37. The van der Waals surface area contributed by atoms with Gasteiger partial charge in [-0.15, -0.1) is 0 Å². The minimum absolute atomic E-state index is 0.342. The quantitative estimate of drug-likeness (QED) is 0.769. The van der Waals surface area contributed by atoms with Crippen LogP contribution in [0, 0.1) is 6.92 Å². The van der Waals surface area contributed by atoms with Crippen LogP contribution in [0.2, 0.25) is 0 Å². The highest BCUT2D eigenvalue weighted by Gasteiger charge is 2.16. The summed E-state index contributed by atoms with van der Waals surface area (Å²) in [6.45, 7) is 3.41. The number of hydrogen-bond acceptors (Lipinski definition) is 4. The van der Waals surface area contributed by atoms with Gasteiger partial charge in [-0.3, -0.25) is 0 Å². The van der Waals surface area contributed by atoms with Gasteiger partial charge in [0.25, 0.3) is 0 Å². The van der Waals surface area contributed by atoms with Crippen LogP contribution in [-0.4, -0.2) is 12.2 Å². The maximum atomic E-state index is 11.1. The lowest BCUT2D eigenvalue weighted by Crippen LogP contribution is -2.07. The van der Waals surface area contributed by atoms with E-state index in [9.17, 15) is 9.90 Å². The Morgan fingerprint density at radius 1 is 1.60 bits per heavy atom. The topological polar surface area (TPSA) is 59.7 Å². The molecule has 4 nitrogen and oxygen atoms in total. The SMILES string of the molecule is CC=CC(O)c1c(OC)cc(=O)oc1C. The molecule has 15 heavy (non-hydrogen) atoms. The van der Waals surface area contributed by atoms with Gasteiger partial charge in [0.2, 0.25) is 0 Å². The molecule has 1 aromatic heterocycles. The molecule has 1 heterocycles. The van der Waals surface area contributed by atoms with Crippen molar-refractivity contribution in [3.05, 3.63) is 40.0 Å². The van der Waals surface area contributed by atoms with Crippen LogP contribution in [0.3, 0.4) is 0 Å². The summed E-state index contributed by atoms with van der Waals surface area (Å²) in [5.41, 5.74) is -0.00372. The largest absolute Gasteiger partial charge is 0.496 e. The van der Waals surface area contributed by atoms with Crippen molar-refractivity contribution in [1.29, 1.82) is 0 Å². The second-order valence-corrected chi connectivity index (χ2v) is 3.07. The Labute approximate surface area is 87.8 Å². The standard InChI is InChI=1S/C11H14O4/c1-4-5-8(12)11-7(2)15-10(13)6-9(11)14-3/h4-6,8,12H,1-3H3. The zero-order valence-electron chi connectivity index (χ0n) is 8.98. The average molecular weight is 210 g/mol. The van der Waals surface area contributed by atoms with Crippen molar-refractivity contribution in [2.24, 2.45) is 0 Å². The monoisotopic (exact) mass is 210 g/mol. The molecular weight excluding hydrogens is 196 g/mol. The normalized spacial score (nSPS) is 13.1. The first kappa shape index (κ1) is 11.5. The number of aliphatic hydroxyl groups excluding tert-OH is 1. The number of aryl methyl sites for hydroxylation is 1. The van der Waals surface area contributed by atoms with E-state index in [1.54, 1.807) is 26.0 Å². The van der Waals surface area contributed by atoms with Crippen molar-refractivity contribution in [2.75, 3.05) is 7.11 Å². The Hall–Kier alpha value is -1.55. The number of aliphatic hydroxyl groups is 1. The van der Waals surface area contributed by atoms with Crippen LogP contribution in [0.1, 0.15) is 24.4 Å². The molecule has 0 aliphatic carbocycles. The summed E-state index contributed by atoms with van der Waals surface area (Å²) < 4.78 is 9.91. The van der Waals surface area contributed by atoms with Crippen molar-refractivity contribution in [3.63, 3.8) is 0 Å². The van der Waals surface area contributed by atoms with Crippen LogP contribution >= 0.6 is 0 Å². The van der Waals surface area contributed by atoms with Crippen molar-refractivity contribution < 1.29 is 14.3 Å². The lowest BCUT2D eigenvalue weighted by molar-refractivity contribution is 0.215. The van der Waals surface area contributed by atoms with Crippen molar-refractivity contribution in [1.82, 2.24) is 0 Å². The maximum Gasteiger partial charge on any atom is 0.339 e. The molecule has 1 unspecified atom stereocenters. The summed E-state index contributed by atoms with van der Waals surface area (Å²) in [7, 11) is 1.44. The molecule has 0 radical (unpaired) electrons. The van der Waals surface area contributed by atoms with E-state index in [1.807, 2.05) is 0 Å². The van der Waals surface area contributed by atoms with Gasteiger partial charge >= 0.3 is 5.63 Å². The second kappa shape index (κ2) is 4.79. The van der Waals surface area contributed by atoms with E-state index in [0.29, 0.717) is 17.1 Å². The molecule has 0 amide bonds. The molecule has 1 aromatic rings. The lowest BCUT2D eigenvalue weighted by atomic mass is 10.1. The Bertz CT molecular complexity index is 417. The number of methoxy groups -OCH3 is 1. The molecular formula is C11H14O4. The van der Waals surface area contributed by atoms with Crippen molar-refractivity contribution >= 4 is 0 Å². The van der Waals surface area contributed by atoms with Gasteiger partial charge in [-0.1, -0.05) is 12.2 Å². The van der Waals surface area contributed by atoms with Gasteiger partial charge in [-0.05, 0) is 13.8 Å². The predicted octanol–water partition coefficient (Wildman–Crippen LogP) is 1.57. The van der Waals surface area contributed by atoms with E-state index in [-0.39, 0.29) is 0 Å². The van der Waals surface area contributed by atoms with E-state index in [2.05, 4.69) is 0 Å². The van der Waals surface area contributed by atoms with Gasteiger partial charge in [-0.25, -0.2) is 4.79 Å². The van der Waals surface area contributed by atoms with Gasteiger partial charge < -0.3 is 14.3 Å². The minimum Gasteiger partial charge on any atom is -0.496 e. The van der Waals surface area contributed by atoms with Gasteiger partial charge in [-0.2, -0.15) is 0 Å². The summed E-state index contributed by atoms with van der Waals surface area (Å²) in [6, 6.07) is 1.22. The van der Waals surface area contributed by atoms with Gasteiger partial charge in [0.1, 0.15) is 17.6 Å². The van der Waals surface area contributed by atoms with Crippen LogP contribution < -0.4 is 10.4 Å². The van der Waals surface area contributed by atoms with Crippen molar-refractivity contribution in [2.45, 2.75) is 20.0 Å². The molecule has 0 saturated heterocycles.